The summed E-state index contributed by atoms with van der Waals surface area (Å²) >= 11 is 0. The third-order valence-corrected chi connectivity index (χ3v) is 4.56. The molecule has 106 valence electrons. The van der Waals surface area contributed by atoms with Crippen molar-refractivity contribution in [1.82, 2.24) is 5.32 Å². The molecule has 1 aliphatic carbocycles. The molecule has 0 aromatic heterocycles. The zero-order valence-corrected chi connectivity index (χ0v) is 12.5. The molecule has 0 aromatic carbocycles. The second-order valence-corrected chi connectivity index (χ2v) is 7.10. The number of rotatable bonds is 4. The first-order valence-electron chi connectivity index (χ1n) is 7.28. The van der Waals surface area contributed by atoms with Crippen molar-refractivity contribution in [2.75, 3.05) is 6.54 Å². The Balaban J connectivity index is 2.52. The second-order valence-electron chi connectivity index (χ2n) is 7.10. The van der Waals surface area contributed by atoms with Crippen LogP contribution in [-0.2, 0) is 4.79 Å². The van der Waals surface area contributed by atoms with Crippen LogP contribution >= 0.6 is 0 Å². The number of hydrogen-bond acceptors (Lipinski definition) is 2. The van der Waals surface area contributed by atoms with Gasteiger partial charge in [-0.1, -0.05) is 40.0 Å². The lowest BCUT2D eigenvalue weighted by Crippen LogP contribution is -2.45. The predicted octanol–water partition coefficient (Wildman–Crippen LogP) is 2.84. The van der Waals surface area contributed by atoms with Gasteiger partial charge in [0, 0.05) is 12.5 Å². The molecule has 1 aliphatic rings. The highest BCUT2D eigenvalue weighted by Crippen LogP contribution is 2.38. The lowest BCUT2D eigenvalue weighted by Gasteiger charge is -2.37. The molecule has 18 heavy (non-hydrogen) atoms. The summed E-state index contributed by atoms with van der Waals surface area (Å²) in [4.78, 5) is 12.2. The second kappa shape index (κ2) is 6.05. The van der Waals surface area contributed by atoms with Crippen LogP contribution in [0.15, 0.2) is 0 Å². The Morgan fingerprint density at radius 3 is 2.28 bits per heavy atom. The van der Waals surface area contributed by atoms with E-state index in [-0.39, 0.29) is 22.8 Å². The molecule has 3 N–H and O–H groups in total. The molecule has 0 saturated heterocycles. The minimum Gasteiger partial charge on any atom is -0.353 e. The van der Waals surface area contributed by atoms with E-state index < -0.39 is 0 Å². The minimum atomic E-state index is 0.0694. The van der Waals surface area contributed by atoms with E-state index in [1.165, 1.54) is 19.3 Å². The molecule has 1 amide bonds. The normalized spacial score (nSPS) is 21.4. The SMILES string of the molecule is CC(NC(=O)CC1(CN)CCCCC1)C(C)(C)C. The molecular weight excluding hydrogens is 224 g/mol. The summed E-state index contributed by atoms with van der Waals surface area (Å²) in [6, 6.07) is 0.198. The van der Waals surface area contributed by atoms with Gasteiger partial charge in [-0.2, -0.15) is 0 Å². The number of carbonyl (C=O) groups is 1. The van der Waals surface area contributed by atoms with E-state index >= 15 is 0 Å². The molecule has 1 saturated carbocycles. The van der Waals surface area contributed by atoms with Crippen LogP contribution in [-0.4, -0.2) is 18.5 Å². The molecule has 0 aromatic rings. The first-order valence-corrected chi connectivity index (χ1v) is 7.28. The molecule has 1 fully saturated rings. The summed E-state index contributed by atoms with van der Waals surface area (Å²) in [6.45, 7) is 9.17. The van der Waals surface area contributed by atoms with Gasteiger partial charge in [-0.15, -0.1) is 0 Å². The predicted molar refractivity (Wildman–Crippen MR) is 76.2 cm³/mol. The minimum absolute atomic E-state index is 0.0694. The van der Waals surface area contributed by atoms with Crippen molar-refractivity contribution >= 4 is 5.91 Å². The van der Waals surface area contributed by atoms with E-state index in [9.17, 15) is 4.79 Å². The molecule has 1 rings (SSSR count). The van der Waals surface area contributed by atoms with Crippen molar-refractivity contribution < 1.29 is 4.79 Å². The maximum Gasteiger partial charge on any atom is 0.220 e. The van der Waals surface area contributed by atoms with Crippen LogP contribution in [0.4, 0.5) is 0 Å². The Morgan fingerprint density at radius 1 is 1.28 bits per heavy atom. The van der Waals surface area contributed by atoms with Crippen LogP contribution in [0.25, 0.3) is 0 Å². The Bertz CT molecular complexity index is 275. The first-order chi connectivity index (χ1) is 8.29. The molecule has 0 spiro atoms. The van der Waals surface area contributed by atoms with Crippen molar-refractivity contribution in [3.8, 4) is 0 Å². The van der Waals surface area contributed by atoms with Gasteiger partial charge >= 0.3 is 0 Å². The molecule has 0 heterocycles. The van der Waals surface area contributed by atoms with Gasteiger partial charge in [-0.05, 0) is 37.1 Å². The van der Waals surface area contributed by atoms with Crippen molar-refractivity contribution in [1.29, 1.82) is 0 Å². The van der Waals surface area contributed by atoms with Crippen LogP contribution in [0.2, 0.25) is 0 Å². The number of carbonyl (C=O) groups excluding carboxylic acids is 1. The molecule has 3 nitrogen and oxygen atoms in total. The molecule has 3 heteroatoms. The fourth-order valence-electron chi connectivity index (χ4n) is 2.60. The summed E-state index contributed by atoms with van der Waals surface area (Å²) in [7, 11) is 0. The van der Waals surface area contributed by atoms with Gasteiger partial charge in [0.1, 0.15) is 0 Å². The summed E-state index contributed by atoms with van der Waals surface area (Å²) in [5.74, 6) is 0.171. The first kappa shape index (κ1) is 15.5. The molecular formula is C15H30N2O. The highest BCUT2D eigenvalue weighted by atomic mass is 16.1. The Hall–Kier alpha value is -0.570. The van der Waals surface area contributed by atoms with E-state index in [4.69, 9.17) is 5.73 Å². The Morgan fingerprint density at radius 2 is 1.83 bits per heavy atom. The monoisotopic (exact) mass is 254 g/mol. The average Bonchev–Trinajstić information content (AvgIpc) is 2.28. The number of nitrogens with one attached hydrogen (secondary N) is 1. The quantitative estimate of drug-likeness (QED) is 0.810. The van der Waals surface area contributed by atoms with Crippen LogP contribution in [0.1, 0.15) is 66.2 Å². The topological polar surface area (TPSA) is 55.1 Å². The Kier molecular flexibility index (Phi) is 5.20. The van der Waals surface area contributed by atoms with E-state index in [0.717, 1.165) is 12.8 Å². The number of amides is 1. The molecule has 0 aliphatic heterocycles. The van der Waals surface area contributed by atoms with E-state index in [2.05, 4.69) is 33.0 Å². The molecule has 1 atom stereocenters. The van der Waals surface area contributed by atoms with Gasteiger partial charge in [0.05, 0.1) is 0 Å². The smallest absolute Gasteiger partial charge is 0.220 e. The summed E-state index contributed by atoms with van der Waals surface area (Å²) < 4.78 is 0. The van der Waals surface area contributed by atoms with Gasteiger partial charge in [-0.3, -0.25) is 4.79 Å². The highest BCUT2D eigenvalue weighted by molar-refractivity contribution is 5.77. The lowest BCUT2D eigenvalue weighted by atomic mass is 9.71. The van der Waals surface area contributed by atoms with Gasteiger partial charge < -0.3 is 11.1 Å². The number of nitrogens with two attached hydrogens (primary N) is 1. The molecule has 0 bridgehead atoms. The van der Waals surface area contributed by atoms with Crippen LogP contribution in [0.5, 0.6) is 0 Å². The summed E-state index contributed by atoms with van der Waals surface area (Å²) in [5, 5.41) is 3.13. The highest BCUT2D eigenvalue weighted by Gasteiger charge is 2.33. The van der Waals surface area contributed by atoms with Crippen molar-refractivity contribution in [3.05, 3.63) is 0 Å². The molecule has 0 radical (unpaired) electrons. The average molecular weight is 254 g/mol. The third kappa shape index (κ3) is 4.27. The fourth-order valence-corrected chi connectivity index (χ4v) is 2.60. The van der Waals surface area contributed by atoms with Gasteiger partial charge in [0.2, 0.25) is 5.91 Å². The van der Waals surface area contributed by atoms with E-state index in [0.29, 0.717) is 13.0 Å². The van der Waals surface area contributed by atoms with E-state index in [1.54, 1.807) is 0 Å². The zero-order valence-electron chi connectivity index (χ0n) is 12.5. The largest absolute Gasteiger partial charge is 0.353 e. The van der Waals surface area contributed by atoms with Crippen molar-refractivity contribution in [2.24, 2.45) is 16.6 Å². The molecule has 1 unspecified atom stereocenters. The number of hydrogen-bond donors (Lipinski definition) is 2. The van der Waals surface area contributed by atoms with Crippen molar-refractivity contribution in [2.45, 2.75) is 72.3 Å². The van der Waals surface area contributed by atoms with Crippen LogP contribution in [0, 0.1) is 10.8 Å². The van der Waals surface area contributed by atoms with Crippen LogP contribution in [0.3, 0.4) is 0 Å². The fraction of sp³-hybridized carbons (Fsp3) is 0.933. The standard InChI is InChI=1S/C15H30N2O/c1-12(14(2,3)4)17-13(18)10-15(11-16)8-6-5-7-9-15/h12H,5-11,16H2,1-4H3,(H,17,18). The van der Waals surface area contributed by atoms with Gasteiger partial charge in [0.15, 0.2) is 0 Å². The van der Waals surface area contributed by atoms with Crippen molar-refractivity contribution in [3.63, 3.8) is 0 Å². The Labute approximate surface area is 112 Å². The summed E-state index contributed by atoms with van der Waals surface area (Å²) in [5.41, 5.74) is 6.10. The van der Waals surface area contributed by atoms with Gasteiger partial charge in [-0.25, -0.2) is 0 Å². The lowest BCUT2D eigenvalue weighted by molar-refractivity contribution is -0.125. The summed E-state index contributed by atoms with van der Waals surface area (Å²) in [6.07, 6.45) is 6.56. The zero-order chi connectivity index (χ0) is 13.8. The maximum absolute atomic E-state index is 12.2. The van der Waals surface area contributed by atoms with Gasteiger partial charge in [0.25, 0.3) is 0 Å². The van der Waals surface area contributed by atoms with Crippen LogP contribution < -0.4 is 11.1 Å². The maximum atomic E-state index is 12.2. The third-order valence-electron chi connectivity index (χ3n) is 4.56. The van der Waals surface area contributed by atoms with E-state index in [1.807, 2.05) is 0 Å².